The Morgan fingerprint density at radius 2 is 2.20 bits per heavy atom. The van der Waals surface area contributed by atoms with Gasteiger partial charge in [-0.25, -0.2) is 0 Å². The van der Waals surface area contributed by atoms with Crippen molar-refractivity contribution in [1.82, 2.24) is 0 Å². The van der Waals surface area contributed by atoms with Crippen LogP contribution in [0.3, 0.4) is 0 Å². The van der Waals surface area contributed by atoms with Crippen LogP contribution in [-0.4, -0.2) is 12.8 Å². The Labute approximate surface area is 118 Å². The molecule has 1 aromatic rings. The van der Waals surface area contributed by atoms with Gasteiger partial charge in [0.2, 0.25) is 6.79 Å². The average Bonchev–Trinajstić information content (AvgIpc) is 2.88. The predicted octanol–water partition coefficient (Wildman–Crippen LogP) is 3.66. The molecule has 106 valence electrons. The van der Waals surface area contributed by atoms with Gasteiger partial charge in [0.1, 0.15) is 5.76 Å². The van der Waals surface area contributed by atoms with Gasteiger partial charge in [0.05, 0.1) is 0 Å². The molecule has 0 radical (unpaired) electrons. The highest BCUT2D eigenvalue weighted by atomic mass is 16.7. The maximum absolute atomic E-state index is 11.0. The van der Waals surface area contributed by atoms with Gasteiger partial charge in [-0.05, 0) is 30.2 Å². The molecule has 4 nitrogen and oxygen atoms in total. The number of unbranched alkanes of at least 4 members (excludes halogenated alkanes) is 1. The van der Waals surface area contributed by atoms with Gasteiger partial charge in [0, 0.05) is 13.3 Å². The first kappa shape index (κ1) is 14.2. The number of carbonyl (C=O) groups excluding carboxylic acids is 1. The van der Waals surface area contributed by atoms with E-state index >= 15 is 0 Å². The molecule has 0 unspecified atom stereocenters. The summed E-state index contributed by atoms with van der Waals surface area (Å²) in [6, 6.07) is 5.64. The number of allylic oxidation sites excluding steroid dienone is 1. The first-order chi connectivity index (χ1) is 9.69. The van der Waals surface area contributed by atoms with Crippen molar-refractivity contribution in [2.75, 3.05) is 6.79 Å². The third-order valence-corrected chi connectivity index (χ3v) is 2.82. The lowest BCUT2D eigenvalue weighted by Gasteiger charge is -2.02. The third-order valence-electron chi connectivity index (χ3n) is 2.82. The number of fused-ring (bicyclic) bond motifs is 1. The number of benzene rings is 1. The van der Waals surface area contributed by atoms with E-state index in [2.05, 4.69) is 12.7 Å². The normalized spacial score (nSPS) is 11.7. The summed E-state index contributed by atoms with van der Waals surface area (Å²) in [5.74, 6) is 1.72. The van der Waals surface area contributed by atoms with Crippen LogP contribution in [0.25, 0.3) is 6.08 Å². The van der Waals surface area contributed by atoms with E-state index < -0.39 is 0 Å². The second kappa shape index (κ2) is 6.83. The second-order valence-electron chi connectivity index (χ2n) is 4.52. The summed E-state index contributed by atoms with van der Waals surface area (Å²) >= 11 is 0. The van der Waals surface area contributed by atoms with Gasteiger partial charge in [0.25, 0.3) is 0 Å². The van der Waals surface area contributed by atoms with Gasteiger partial charge in [-0.2, -0.15) is 0 Å². The molecular weight excluding hydrogens is 256 g/mol. The zero-order valence-corrected chi connectivity index (χ0v) is 11.8. The molecule has 20 heavy (non-hydrogen) atoms. The van der Waals surface area contributed by atoms with Crippen molar-refractivity contribution in [3.05, 3.63) is 35.3 Å². The Morgan fingerprint density at radius 1 is 1.40 bits per heavy atom. The van der Waals surface area contributed by atoms with Gasteiger partial charge in [0.15, 0.2) is 11.5 Å². The monoisotopic (exact) mass is 274 g/mol. The first-order valence-corrected chi connectivity index (χ1v) is 6.72. The van der Waals surface area contributed by atoms with Gasteiger partial charge < -0.3 is 14.2 Å². The molecule has 2 rings (SSSR count). The highest BCUT2D eigenvalue weighted by Gasteiger charge is 2.12. The molecule has 0 bridgehead atoms. The molecule has 4 heteroatoms. The Morgan fingerprint density at radius 3 is 2.95 bits per heavy atom. The zero-order chi connectivity index (χ0) is 14.4. The molecule has 0 atom stereocenters. The van der Waals surface area contributed by atoms with Crippen LogP contribution >= 0.6 is 0 Å². The molecular formula is C16H18O4. The van der Waals surface area contributed by atoms with Crippen molar-refractivity contribution < 1.29 is 19.0 Å². The predicted molar refractivity (Wildman–Crippen MR) is 75.3 cm³/mol. The summed E-state index contributed by atoms with van der Waals surface area (Å²) in [7, 11) is 0. The van der Waals surface area contributed by atoms with Crippen molar-refractivity contribution >= 4 is 12.0 Å². The molecule has 1 aromatic carbocycles. The number of esters is 1. The minimum absolute atomic E-state index is 0.257. The quantitative estimate of drug-likeness (QED) is 0.467. The zero-order valence-electron chi connectivity index (χ0n) is 11.8. The van der Waals surface area contributed by atoms with Gasteiger partial charge in [-0.1, -0.05) is 25.1 Å². The Kier molecular flexibility index (Phi) is 4.85. The highest BCUT2D eigenvalue weighted by Crippen LogP contribution is 2.32. The van der Waals surface area contributed by atoms with E-state index in [-0.39, 0.29) is 12.8 Å². The van der Waals surface area contributed by atoms with Crippen molar-refractivity contribution in [2.45, 2.75) is 33.1 Å². The lowest BCUT2D eigenvalue weighted by molar-refractivity contribution is -0.137. The molecule has 0 aliphatic carbocycles. The minimum atomic E-state index is -0.317. The molecule has 0 spiro atoms. The largest absolute Gasteiger partial charge is 0.454 e. The highest BCUT2D eigenvalue weighted by molar-refractivity contribution is 5.67. The third kappa shape index (κ3) is 3.90. The van der Waals surface area contributed by atoms with Crippen LogP contribution < -0.4 is 9.47 Å². The van der Waals surface area contributed by atoms with Crippen molar-refractivity contribution in [2.24, 2.45) is 0 Å². The van der Waals surface area contributed by atoms with Crippen LogP contribution in [0.1, 0.15) is 38.7 Å². The number of carbonyl (C=O) groups is 1. The minimum Gasteiger partial charge on any atom is -0.454 e. The Balaban J connectivity index is 2.17. The molecule has 0 amide bonds. The van der Waals surface area contributed by atoms with Crippen LogP contribution in [0.4, 0.5) is 0 Å². The standard InChI is InChI=1S/C16H18O4/c1-3-4-5-14(20-12(2)17)8-6-13-7-9-15-16(10-13)19-11-18-15/h6-7,9-10H,3-5,11H2,1-2H3. The summed E-state index contributed by atoms with van der Waals surface area (Å²) in [5, 5.41) is 0. The summed E-state index contributed by atoms with van der Waals surface area (Å²) in [6.07, 6.45) is 4.49. The number of hydrogen-bond donors (Lipinski definition) is 0. The van der Waals surface area contributed by atoms with E-state index in [1.54, 1.807) is 6.08 Å². The smallest absolute Gasteiger partial charge is 0.308 e. The lowest BCUT2D eigenvalue weighted by atomic mass is 10.2. The Bertz CT molecular complexity index is 554. The van der Waals surface area contributed by atoms with E-state index in [0.717, 1.165) is 29.9 Å². The van der Waals surface area contributed by atoms with Crippen LogP contribution in [0, 0.1) is 0 Å². The lowest BCUT2D eigenvalue weighted by Crippen LogP contribution is -1.98. The molecule has 0 fully saturated rings. The van der Waals surface area contributed by atoms with Gasteiger partial charge in [-0.3, -0.25) is 4.79 Å². The first-order valence-electron chi connectivity index (χ1n) is 6.72. The average molecular weight is 274 g/mol. The Hall–Kier alpha value is -2.19. The van der Waals surface area contributed by atoms with Crippen LogP contribution in [0.5, 0.6) is 11.5 Å². The van der Waals surface area contributed by atoms with Crippen LogP contribution in [-0.2, 0) is 9.53 Å². The van der Waals surface area contributed by atoms with E-state index in [1.807, 2.05) is 18.2 Å². The van der Waals surface area contributed by atoms with Crippen molar-refractivity contribution in [1.29, 1.82) is 0 Å². The van der Waals surface area contributed by atoms with Crippen molar-refractivity contribution in [3.63, 3.8) is 0 Å². The molecule has 1 aliphatic rings. The van der Waals surface area contributed by atoms with E-state index in [9.17, 15) is 4.79 Å². The molecule has 1 aliphatic heterocycles. The second-order valence-corrected chi connectivity index (χ2v) is 4.52. The summed E-state index contributed by atoms with van der Waals surface area (Å²) in [5.41, 5.74) is 3.97. The molecule has 0 saturated carbocycles. The number of rotatable bonds is 5. The van der Waals surface area contributed by atoms with Gasteiger partial charge in [-0.15, -0.1) is 0 Å². The fourth-order valence-corrected chi connectivity index (χ4v) is 1.83. The summed E-state index contributed by atoms with van der Waals surface area (Å²) in [4.78, 5) is 11.0. The van der Waals surface area contributed by atoms with E-state index in [0.29, 0.717) is 12.2 Å². The number of hydrogen-bond acceptors (Lipinski definition) is 4. The topological polar surface area (TPSA) is 44.8 Å². The molecule has 0 saturated heterocycles. The maximum Gasteiger partial charge on any atom is 0.308 e. The molecule has 0 aromatic heterocycles. The molecule has 0 N–H and O–H groups in total. The van der Waals surface area contributed by atoms with Gasteiger partial charge >= 0.3 is 5.97 Å². The SMILES string of the molecule is CCCCC(=C=Cc1ccc2c(c1)OCO2)OC(C)=O. The fraction of sp³-hybridized carbons (Fsp3) is 0.375. The fourth-order valence-electron chi connectivity index (χ4n) is 1.83. The van der Waals surface area contributed by atoms with Crippen LogP contribution in [0.15, 0.2) is 29.7 Å². The molecule has 1 heterocycles. The number of ether oxygens (including phenoxy) is 3. The van der Waals surface area contributed by atoms with Crippen molar-refractivity contribution in [3.8, 4) is 11.5 Å². The van der Waals surface area contributed by atoms with E-state index in [1.165, 1.54) is 6.92 Å². The summed E-state index contributed by atoms with van der Waals surface area (Å²) in [6.45, 7) is 3.74. The maximum atomic E-state index is 11.0. The van der Waals surface area contributed by atoms with E-state index in [4.69, 9.17) is 14.2 Å². The summed E-state index contributed by atoms with van der Waals surface area (Å²) < 4.78 is 15.7. The van der Waals surface area contributed by atoms with Crippen LogP contribution in [0.2, 0.25) is 0 Å².